The van der Waals surface area contributed by atoms with Gasteiger partial charge in [0.05, 0.1) is 50.4 Å². The molecule has 2 saturated heterocycles. The number of ether oxygens (including phenoxy) is 1. The number of carbonyl (C=O) groups excluding carboxylic acids is 2. The molecule has 2 amide bonds. The van der Waals surface area contributed by atoms with Crippen molar-refractivity contribution in [3.8, 4) is 5.75 Å². The van der Waals surface area contributed by atoms with Crippen LogP contribution < -0.4 is 19.4 Å². The molecule has 2 aliphatic rings. The first-order chi connectivity index (χ1) is 13.6. The average molecular weight is 401 g/mol. The number of nitrogens with zero attached hydrogens (tertiary/aromatic N) is 2. The Kier molecular flexibility index (Phi) is 5.24. The van der Waals surface area contributed by atoms with Crippen molar-refractivity contribution in [2.45, 2.75) is 12.5 Å². The summed E-state index contributed by atoms with van der Waals surface area (Å²) in [6.45, 7) is 3.39. The molecular formula is C21H23ClN3O3+. The molecule has 4 rings (SSSR count). The van der Waals surface area contributed by atoms with Gasteiger partial charge in [-0.25, -0.2) is 4.90 Å². The third kappa shape index (κ3) is 3.45. The Hall–Kier alpha value is -2.57. The molecule has 2 aromatic carbocycles. The number of hydrogen-bond acceptors (Lipinski definition) is 4. The fourth-order valence-electron chi connectivity index (χ4n) is 4.06. The van der Waals surface area contributed by atoms with E-state index in [9.17, 15) is 9.59 Å². The topological polar surface area (TPSA) is 54.3 Å². The van der Waals surface area contributed by atoms with E-state index in [1.165, 1.54) is 22.6 Å². The summed E-state index contributed by atoms with van der Waals surface area (Å²) < 4.78 is 5.15. The summed E-state index contributed by atoms with van der Waals surface area (Å²) in [5.74, 6) is 0.201. The number of methoxy groups -OCH3 is 1. The zero-order valence-electron chi connectivity index (χ0n) is 15.7. The summed E-state index contributed by atoms with van der Waals surface area (Å²) in [5.41, 5.74) is 1.70. The Labute approximate surface area is 169 Å². The van der Waals surface area contributed by atoms with Crippen molar-refractivity contribution in [2.75, 3.05) is 43.1 Å². The number of amides is 2. The van der Waals surface area contributed by atoms with Gasteiger partial charge in [-0.05, 0) is 30.3 Å². The van der Waals surface area contributed by atoms with Gasteiger partial charge in [0.25, 0.3) is 5.91 Å². The van der Waals surface area contributed by atoms with Crippen LogP contribution in [-0.2, 0) is 9.59 Å². The van der Waals surface area contributed by atoms with Crippen LogP contribution in [0.2, 0.25) is 5.02 Å². The van der Waals surface area contributed by atoms with Crippen LogP contribution in [0.5, 0.6) is 5.75 Å². The quantitative estimate of drug-likeness (QED) is 0.788. The molecule has 7 heteroatoms. The van der Waals surface area contributed by atoms with E-state index in [2.05, 4.69) is 17.0 Å². The normalized spacial score (nSPS) is 20.7. The average Bonchev–Trinajstić information content (AvgIpc) is 3.03. The minimum atomic E-state index is -0.327. The smallest absolute Gasteiger partial charge is 0.292 e. The van der Waals surface area contributed by atoms with Crippen LogP contribution in [0.25, 0.3) is 0 Å². The summed E-state index contributed by atoms with van der Waals surface area (Å²) in [6, 6.07) is 14.9. The number of halogens is 1. The predicted octanol–water partition coefficient (Wildman–Crippen LogP) is 1.39. The van der Waals surface area contributed by atoms with Crippen molar-refractivity contribution in [2.24, 2.45) is 0 Å². The summed E-state index contributed by atoms with van der Waals surface area (Å²) in [4.78, 5) is 30.4. The lowest BCUT2D eigenvalue weighted by atomic mass is 10.1. The minimum absolute atomic E-state index is 0.144. The first kappa shape index (κ1) is 18.8. The maximum atomic E-state index is 13.0. The zero-order valence-corrected chi connectivity index (χ0v) is 16.5. The molecule has 146 valence electrons. The molecule has 0 unspecified atom stereocenters. The van der Waals surface area contributed by atoms with E-state index in [0.717, 1.165) is 26.2 Å². The lowest BCUT2D eigenvalue weighted by Gasteiger charge is -2.35. The molecular weight excluding hydrogens is 378 g/mol. The van der Waals surface area contributed by atoms with Crippen molar-refractivity contribution in [3.63, 3.8) is 0 Å². The van der Waals surface area contributed by atoms with Crippen LogP contribution in [0.4, 0.5) is 11.4 Å². The fourth-order valence-corrected chi connectivity index (χ4v) is 4.31. The Bertz CT molecular complexity index is 882. The van der Waals surface area contributed by atoms with Gasteiger partial charge in [-0.15, -0.1) is 0 Å². The number of benzene rings is 2. The maximum absolute atomic E-state index is 13.0. The van der Waals surface area contributed by atoms with Crippen molar-refractivity contribution >= 4 is 34.8 Å². The van der Waals surface area contributed by atoms with Crippen LogP contribution in [-0.4, -0.2) is 51.1 Å². The number of quaternary nitrogens is 1. The largest absolute Gasteiger partial charge is 0.495 e. The highest BCUT2D eigenvalue weighted by Crippen LogP contribution is 2.31. The van der Waals surface area contributed by atoms with Crippen LogP contribution in [0.15, 0.2) is 48.5 Å². The van der Waals surface area contributed by atoms with E-state index in [4.69, 9.17) is 16.3 Å². The highest BCUT2D eigenvalue weighted by molar-refractivity contribution is 6.32. The molecule has 1 N–H and O–H groups in total. The second-order valence-electron chi connectivity index (χ2n) is 7.12. The number of hydrogen-bond donors (Lipinski definition) is 1. The minimum Gasteiger partial charge on any atom is -0.495 e. The monoisotopic (exact) mass is 400 g/mol. The SMILES string of the molecule is COc1ccc(N2C(=O)C[C@H]([NH+]3CCN(c4ccccc4)CC3)C2=O)cc1Cl. The van der Waals surface area contributed by atoms with Crippen molar-refractivity contribution in [1.82, 2.24) is 0 Å². The predicted molar refractivity (Wildman–Crippen MR) is 108 cm³/mol. The Morgan fingerprint density at radius 3 is 2.39 bits per heavy atom. The first-order valence-corrected chi connectivity index (χ1v) is 9.81. The van der Waals surface area contributed by atoms with Gasteiger partial charge in [0.1, 0.15) is 5.75 Å². The van der Waals surface area contributed by atoms with Gasteiger partial charge >= 0.3 is 0 Å². The number of nitrogens with one attached hydrogen (secondary N) is 1. The Morgan fingerprint density at radius 1 is 1.04 bits per heavy atom. The van der Waals surface area contributed by atoms with Gasteiger partial charge in [-0.1, -0.05) is 29.8 Å². The Morgan fingerprint density at radius 2 is 1.75 bits per heavy atom. The maximum Gasteiger partial charge on any atom is 0.292 e. The van der Waals surface area contributed by atoms with E-state index in [-0.39, 0.29) is 24.3 Å². The van der Waals surface area contributed by atoms with Gasteiger partial charge in [-0.2, -0.15) is 0 Å². The van der Waals surface area contributed by atoms with Crippen LogP contribution in [0.1, 0.15) is 6.42 Å². The van der Waals surface area contributed by atoms with E-state index in [1.807, 2.05) is 18.2 Å². The molecule has 6 nitrogen and oxygen atoms in total. The number of rotatable bonds is 4. The number of piperazine rings is 1. The lowest BCUT2D eigenvalue weighted by Crippen LogP contribution is -3.19. The summed E-state index contributed by atoms with van der Waals surface area (Å²) in [5, 5.41) is 0.382. The van der Waals surface area contributed by atoms with Crippen LogP contribution in [0, 0.1) is 0 Å². The highest BCUT2D eigenvalue weighted by Gasteiger charge is 2.46. The van der Waals surface area contributed by atoms with Gasteiger partial charge in [-0.3, -0.25) is 9.59 Å². The second kappa shape index (κ2) is 7.81. The van der Waals surface area contributed by atoms with E-state index < -0.39 is 0 Å². The fraction of sp³-hybridized carbons (Fsp3) is 0.333. The third-order valence-corrected chi connectivity index (χ3v) is 5.86. The van der Waals surface area contributed by atoms with Crippen molar-refractivity contribution in [1.29, 1.82) is 0 Å². The van der Waals surface area contributed by atoms with Crippen LogP contribution >= 0.6 is 11.6 Å². The molecule has 0 spiro atoms. The van der Waals surface area contributed by atoms with Gasteiger partial charge < -0.3 is 14.5 Å². The number of imide groups is 1. The van der Waals surface area contributed by atoms with E-state index >= 15 is 0 Å². The molecule has 2 aliphatic heterocycles. The molecule has 28 heavy (non-hydrogen) atoms. The molecule has 0 bridgehead atoms. The molecule has 0 aromatic heterocycles. The molecule has 0 aliphatic carbocycles. The van der Waals surface area contributed by atoms with Gasteiger partial charge in [0, 0.05) is 5.69 Å². The van der Waals surface area contributed by atoms with Crippen molar-refractivity contribution < 1.29 is 19.2 Å². The molecule has 0 saturated carbocycles. The number of anilines is 2. The highest BCUT2D eigenvalue weighted by atomic mass is 35.5. The molecule has 1 atom stereocenters. The zero-order chi connectivity index (χ0) is 19.7. The number of carbonyl (C=O) groups is 2. The van der Waals surface area contributed by atoms with E-state index in [1.54, 1.807) is 18.2 Å². The third-order valence-electron chi connectivity index (χ3n) is 5.56. The molecule has 2 aromatic rings. The standard InChI is InChI=1S/C21H22ClN3O3/c1-28-19-8-7-16(13-17(19)22)25-20(26)14-18(21(25)27)24-11-9-23(10-12-24)15-5-3-2-4-6-15/h2-8,13,18H,9-12,14H2,1H3/p+1/t18-/m0/s1. The summed E-state index contributed by atoms with van der Waals surface area (Å²) >= 11 is 6.18. The summed E-state index contributed by atoms with van der Waals surface area (Å²) in [6.07, 6.45) is 0.239. The lowest BCUT2D eigenvalue weighted by molar-refractivity contribution is -0.915. The Balaban J connectivity index is 1.45. The van der Waals surface area contributed by atoms with Gasteiger partial charge in [0.2, 0.25) is 5.91 Å². The molecule has 0 radical (unpaired) electrons. The van der Waals surface area contributed by atoms with Crippen molar-refractivity contribution in [3.05, 3.63) is 53.6 Å². The van der Waals surface area contributed by atoms with Crippen LogP contribution in [0.3, 0.4) is 0 Å². The number of para-hydroxylation sites is 1. The first-order valence-electron chi connectivity index (χ1n) is 9.43. The summed E-state index contributed by atoms with van der Waals surface area (Å²) in [7, 11) is 1.53. The van der Waals surface area contributed by atoms with E-state index in [0.29, 0.717) is 16.5 Å². The second-order valence-corrected chi connectivity index (χ2v) is 7.53. The van der Waals surface area contributed by atoms with Gasteiger partial charge in [0.15, 0.2) is 6.04 Å². The molecule has 2 heterocycles. The molecule has 2 fully saturated rings.